The summed E-state index contributed by atoms with van der Waals surface area (Å²) in [5.74, 6) is -0.300. The van der Waals surface area contributed by atoms with E-state index in [-0.39, 0.29) is 17.9 Å². The highest BCUT2D eigenvalue weighted by Crippen LogP contribution is 2.28. The second kappa shape index (κ2) is 10.2. The molecule has 6 heteroatoms. The van der Waals surface area contributed by atoms with Crippen LogP contribution in [-0.2, 0) is 11.3 Å². The van der Waals surface area contributed by atoms with E-state index in [2.05, 4.69) is 11.4 Å². The highest BCUT2D eigenvalue weighted by molar-refractivity contribution is 6.32. The van der Waals surface area contributed by atoms with Crippen LogP contribution in [-0.4, -0.2) is 24.9 Å². The van der Waals surface area contributed by atoms with E-state index in [9.17, 15) is 9.18 Å². The number of nitrogens with zero attached hydrogens (tertiary/aromatic N) is 2. The SMILES string of the molecule is Cc1ccc(F)cc1CN(c1ccc(C#N)c(Cl)c1)[C@@H](CC=O)CNC(C)C. The molecule has 148 valence electrons. The molecule has 0 saturated heterocycles. The first kappa shape index (κ1) is 21.9. The van der Waals surface area contributed by atoms with Gasteiger partial charge in [0.15, 0.2) is 0 Å². The van der Waals surface area contributed by atoms with Gasteiger partial charge < -0.3 is 15.0 Å². The number of nitriles is 1. The number of anilines is 1. The van der Waals surface area contributed by atoms with Crippen LogP contribution in [0.25, 0.3) is 0 Å². The number of benzene rings is 2. The minimum absolute atomic E-state index is 0.147. The van der Waals surface area contributed by atoms with Crippen LogP contribution in [0.2, 0.25) is 5.02 Å². The number of aldehydes is 1. The van der Waals surface area contributed by atoms with Crippen LogP contribution >= 0.6 is 11.6 Å². The lowest BCUT2D eigenvalue weighted by Crippen LogP contribution is -2.44. The fourth-order valence-corrected chi connectivity index (χ4v) is 3.22. The number of halogens is 2. The monoisotopic (exact) mass is 401 g/mol. The number of hydrogen-bond acceptors (Lipinski definition) is 4. The van der Waals surface area contributed by atoms with E-state index in [0.29, 0.717) is 30.1 Å². The molecule has 2 aromatic carbocycles. The van der Waals surface area contributed by atoms with Gasteiger partial charge in [0.2, 0.25) is 0 Å². The molecule has 2 aromatic rings. The third-order valence-corrected chi connectivity index (χ3v) is 4.94. The number of aryl methyl sites for hydroxylation is 1. The van der Waals surface area contributed by atoms with Gasteiger partial charge in [-0.05, 0) is 48.4 Å². The van der Waals surface area contributed by atoms with Gasteiger partial charge in [0, 0.05) is 37.3 Å². The van der Waals surface area contributed by atoms with Gasteiger partial charge in [0.05, 0.1) is 10.6 Å². The molecular formula is C22H25ClFN3O. The normalized spacial score (nSPS) is 11.9. The molecule has 0 aliphatic heterocycles. The molecule has 0 spiro atoms. The number of nitrogens with one attached hydrogen (secondary N) is 1. The standard InChI is InChI=1S/C22H25ClFN3O/c1-15(2)26-13-21(8-9-28)27(14-18-10-19(24)6-4-16(18)3)20-7-5-17(12-25)22(23)11-20/h4-7,9-11,15,21,26H,8,13-14H2,1-3H3/t21-/m0/s1. The Bertz CT molecular complexity index is 863. The Hall–Kier alpha value is -2.42. The molecule has 0 amide bonds. The van der Waals surface area contributed by atoms with Crippen LogP contribution < -0.4 is 10.2 Å². The molecular weight excluding hydrogens is 377 g/mol. The molecule has 1 atom stereocenters. The zero-order valence-corrected chi connectivity index (χ0v) is 17.1. The summed E-state index contributed by atoms with van der Waals surface area (Å²) in [4.78, 5) is 13.4. The lowest BCUT2D eigenvalue weighted by Gasteiger charge is -2.34. The number of carbonyl (C=O) groups is 1. The van der Waals surface area contributed by atoms with Gasteiger partial charge in [0.25, 0.3) is 0 Å². The van der Waals surface area contributed by atoms with Gasteiger partial charge in [-0.3, -0.25) is 0 Å². The van der Waals surface area contributed by atoms with Crippen molar-refractivity contribution in [1.82, 2.24) is 5.32 Å². The van der Waals surface area contributed by atoms with E-state index in [1.54, 1.807) is 18.2 Å². The summed E-state index contributed by atoms with van der Waals surface area (Å²) in [7, 11) is 0. The Balaban J connectivity index is 2.46. The summed E-state index contributed by atoms with van der Waals surface area (Å²) < 4.78 is 13.8. The Morgan fingerprint density at radius 3 is 2.64 bits per heavy atom. The first-order valence-electron chi connectivity index (χ1n) is 9.24. The van der Waals surface area contributed by atoms with Crippen molar-refractivity contribution in [3.63, 3.8) is 0 Å². The third-order valence-electron chi connectivity index (χ3n) is 4.63. The number of rotatable bonds is 9. The predicted octanol–water partition coefficient (Wildman–Crippen LogP) is 4.62. The maximum atomic E-state index is 13.8. The van der Waals surface area contributed by atoms with E-state index in [1.807, 2.05) is 31.7 Å². The summed E-state index contributed by atoms with van der Waals surface area (Å²) in [5.41, 5.74) is 2.97. The van der Waals surface area contributed by atoms with E-state index < -0.39 is 0 Å². The summed E-state index contributed by atoms with van der Waals surface area (Å²) in [6.07, 6.45) is 1.20. The van der Waals surface area contributed by atoms with Crippen molar-refractivity contribution >= 4 is 23.6 Å². The molecule has 0 saturated carbocycles. The highest BCUT2D eigenvalue weighted by atomic mass is 35.5. The summed E-state index contributed by atoms with van der Waals surface area (Å²) in [6.45, 7) is 7.02. The van der Waals surface area contributed by atoms with Crippen LogP contribution in [0.4, 0.5) is 10.1 Å². The van der Waals surface area contributed by atoms with Crippen molar-refractivity contribution in [3.05, 3.63) is 63.9 Å². The van der Waals surface area contributed by atoms with Crippen LogP contribution in [0, 0.1) is 24.1 Å². The van der Waals surface area contributed by atoms with Crippen molar-refractivity contribution in [3.8, 4) is 6.07 Å². The second-order valence-electron chi connectivity index (χ2n) is 7.09. The molecule has 1 N–H and O–H groups in total. The molecule has 0 aliphatic rings. The van der Waals surface area contributed by atoms with Crippen LogP contribution in [0.3, 0.4) is 0 Å². The maximum absolute atomic E-state index is 13.8. The largest absolute Gasteiger partial charge is 0.362 e. The fraction of sp³-hybridized carbons (Fsp3) is 0.364. The number of carbonyl (C=O) groups excluding carboxylic acids is 1. The highest BCUT2D eigenvalue weighted by Gasteiger charge is 2.21. The van der Waals surface area contributed by atoms with Crippen LogP contribution in [0.1, 0.15) is 37.0 Å². The summed E-state index contributed by atoms with van der Waals surface area (Å²) >= 11 is 6.25. The molecule has 0 fully saturated rings. The number of hydrogen-bond donors (Lipinski definition) is 1. The third kappa shape index (κ3) is 5.79. The van der Waals surface area contributed by atoms with Crippen molar-refractivity contribution < 1.29 is 9.18 Å². The van der Waals surface area contributed by atoms with Gasteiger partial charge in [-0.1, -0.05) is 31.5 Å². The van der Waals surface area contributed by atoms with E-state index in [1.165, 1.54) is 12.1 Å². The van der Waals surface area contributed by atoms with Gasteiger partial charge in [-0.15, -0.1) is 0 Å². The van der Waals surface area contributed by atoms with Gasteiger partial charge in [0.1, 0.15) is 18.2 Å². The first-order chi connectivity index (χ1) is 13.3. The van der Waals surface area contributed by atoms with Crippen molar-refractivity contribution in [2.24, 2.45) is 0 Å². The quantitative estimate of drug-likeness (QED) is 0.623. The minimum atomic E-state index is -0.300. The van der Waals surface area contributed by atoms with E-state index >= 15 is 0 Å². The van der Waals surface area contributed by atoms with Crippen molar-refractivity contribution in [2.75, 3.05) is 11.4 Å². The lowest BCUT2D eigenvalue weighted by molar-refractivity contribution is -0.108. The van der Waals surface area contributed by atoms with E-state index in [4.69, 9.17) is 16.9 Å². The predicted molar refractivity (Wildman–Crippen MR) is 111 cm³/mol. The second-order valence-corrected chi connectivity index (χ2v) is 7.50. The van der Waals surface area contributed by atoms with Crippen molar-refractivity contribution in [2.45, 2.75) is 45.8 Å². The maximum Gasteiger partial charge on any atom is 0.123 e. The van der Waals surface area contributed by atoms with Crippen molar-refractivity contribution in [1.29, 1.82) is 5.26 Å². The Labute approximate surface area is 170 Å². The molecule has 0 bridgehead atoms. The van der Waals surface area contributed by atoms with Gasteiger partial charge in [-0.25, -0.2) is 4.39 Å². The molecule has 0 aliphatic carbocycles. The molecule has 0 aromatic heterocycles. The minimum Gasteiger partial charge on any atom is -0.362 e. The Morgan fingerprint density at radius 1 is 1.29 bits per heavy atom. The summed E-state index contributed by atoms with van der Waals surface area (Å²) in [6, 6.07) is 12.1. The molecule has 4 nitrogen and oxygen atoms in total. The first-order valence-corrected chi connectivity index (χ1v) is 9.61. The summed E-state index contributed by atoms with van der Waals surface area (Å²) in [5, 5.41) is 12.9. The van der Waals surface area contributed by atoms with Gasteiger partial charge >= 0.3 is 0 Å². The smallest absolute Gasteiger partial charge is 0.123 e. The van der Waals surface area contributed by atoms with Gasteiger partial charge in [-0.2, -0.15) is 5.26 Å². The Morgan fingerprint density at radius 2 is 2.04 bits per heavy atom. The topological polar surface area (TPSA) is 56.1 Å². The van der Waals surface area contributed by atoms with Crippen LogP contribution in [0.5, 0.6) is 0 Å². The zero-order valence-electron chi connectivity index (χ0n) is 16.4. The Kier molecular flexibility index (Phi) is 7.98. The molecule has 0 heterocycles. The average Bonchev–Trinajstić information content (AvgIpc) is 2.66. The molecule has 0 unspecified atom stereocenters. The van der Waals surface area contributed by atoms with E-state index in [0.717, 1.165) is 23.1 Å². The zero-order chi connectivity index (χ0) is 20.7. The molecule has 2 rings (SSSR count). The fourth-order valence-electron chi connectivity index (χ4n) is 3.00. The molecule has 0 radical (unpaired) electrons. The lowest BCUT2D eigenvalue weighted by atomic mass is 10.0. The molecule has 28 heavy (non-hydrogen) atoms. The average molecular weight is 402 g/mol. The van der Waals surface area contributed by atoms with Crippen LogP contribution in [0.15, 0.2) is 36.4 Å².